The Hall–Kier alpha value is -1.61. The average Bonchev–Trinajstić information content (AvgIpc) is 2.40. The molecule has 0 aliphatic heterocycles. The van der Waals surface area contributed by atoms with Crippen molar-refractivity contribution in [3.63, 3.8) is 0 Å². The Bertz CT molecular complexity index is 514. The number of rotatable bonds is 4. The summed E-state index contributed by atoms with van der Waals surface area (Å²) in [5.74, 6) is 0.802. The van der Waals surface area contributed by atoms with Crippen molar-refractivity contribution in [2.45, 2.75) is 19.2 Å². The fourth-order valence-electron chi connectivity index (χ4n) is 1.67. The molecule has 1 heterocycles. The molecule has 4 heteroatoms. The third kappa shape index (κ3) is 3.20. The van der Waals surface area contributed by atoms with E-state index in [-0.39, 0.29) is 5.38 Å². The Kier molecular flexibility index (Phi) is 4.15. The summed E-state index contributed by atoms with van der Waals surface area (Å²) in [5, 5.41) is 3.17. The predicted molar refractivity (Wildman–Crippen MR) is 75.0 cm³/mol. The SMILES string of the molecule is Cc1cnc(C)c(NCC(Cl)c2ccccc2)n1. The van der Waals surface area contributed by atoms with Gasteiger partial charge in [-0.05, 0) is 19.4 Å². The largest absolute Gasteiger partial charge is 0.367 e. The maximum atomic E-state index is 6.34. The van der Waals surface area contributed by atoms with E-state index in [1.165, 1.54) is 0 Å². The predicted octanol–water partition coefficient (Wildman–Crippen LogP) is 3.49. The molecule has 0 saturated heterocycles. The highest BCUT2D eigenvalue weighted by Gasteiger charge is 2.08. The van der Waals surface area contributed by atoms with Gasteiger partial charge in [-0.25, -0.2) is 4.98 Å². The average molecular weight is 262 g/mol. The second kappa shape index (κ2) is 5.83. The van der Waals surface area contributed by atoms with E-state index < -0.39 is 0 Å². The molecule has 0 bridgehead atoms. The first-order valence-corrected chi connectivity index (χ1v) is 6.33. The molecule has 1 N–H and O–H groups in total. The normalized spacial score (nSPS) is 12.2. The Labute approximate surface area is 112 Å². The molecule has 0 fully saturated rings. The second-order valence-electron chi connectivity index (χ2n) is 4.20. The Morgan fingerprint density at radius 3 is 2.67 bits per heavy atom. The van der Waals surface area contributed by atoms with Gasteiger partial charge in [0.25, 0.3) is 0 Å². The molecule has 2 aromatic rings. The van der Waals surface area contributed by atoms with Crippen LogP contribution >= 0.6 is 11.6 Å². The number of alkyl halides is 1. The molecule has 1 aromatic heterocycles. The van der Waals surface area contributed by atoms with Crippen LogP contribution in [0.3, 0.4) is 0 Å². The molecule has 0 spiro atoms. The minimum Gasteiger partial charge on any atom is -0.367 e. The molecule has 0 aliphatic carbocycles. The molecule has 94 valence electrons. The van der Waals surface area contributed by atoms with Crippen LogP contribution in [0.1, 0.15) is 22.3 Å². The quantitative estimate of drug-likeness (QED) is 0.857. The first kappa shape index (κ1) is 12.8. The van der Waals surface area contributed by atoms with Crippen LogP contribution in [0.25, 0.3) is 0 Å². The topological polar surface area (TPSA) is 37.8 Å². The molecular weight excluding hydrogens is 246 g/mol. The summed E-state index contributed by atoms with van der Waals surface area (Å²) >= 11 is 6.34. The third-order valence-corrected chi connectivity index (χ3v) is 3.09. The van der Waals surface area contributed by atoms with Gasteiger partial charge in [-0.1, -0.05) is 30.3 Å². The van der Waals surface area contributed by atoms with Gasteiger partial charge in [0.2, 0.25) is 0 Å². The fourth-order valence-corrected chi connectivity index (χ4v) is 1.89. The Balaban J connectivity index is 2.01. The van der Waals surface area contributed by atoms with Gasteiger partial charge in [-0.15, -0.1) is 11.6 Å². The Morgan fingerprint density at radius 1 is 1.22 bits per heavy atom. The number of hydrogen-bond acceptors (Lipinski definition) is 3. The number of halogens is 1. The summed E-state index contributed by atoms with van der Waals surface area (Å²) in [6.45, 7) is 4.48. The van der Waals surface area contributed by atoms with Gasteiger partial charge in [-0.3, -0.25) is 4.98 Å². The third-order valence-electron chi connectivity index (χ3n) is 2.69. The van der Waals surface area contributed by atoms with Crippen LogP contribution in [0, 0.1) is 13.8 Å². The van der Waals surface area contributed by atoms with E-state index in [4.69, 9.17) is 11.6 Å². The van der Waals surface area contributed by atoms with Gasteiger partial charge in [0.15, 0.2) is 0 Å². The van der Waals surface area contributed by atoms with Gasteiger partial charge in [0.1, 0.15) is 5.82 Å². The monoisotopic (exact) mass is 261 g/mol. The minimum absolute atomic E-state index is 0.0760. The number of benzene rings is 1. The number of aryl methyl sites for hydroxylation is 2. The van der Waals surface area contributed by atoms with E-state index in [0.29, 0.717) is 6.54 Å². The molecule has 3 nitrogen and oxygen atoms in total. The van der Waals surface area contributed by atoms with E-state index >= 15 is 0 Å². The molecule has 1 unspecified atom stereocenters. The maximum Gasteiger partial charge on any atom is 0.147 e. The molecule has 0 saturated carbocycles. The van der Waals surface area contributed by atoms with Crippen LogP contribution < -0.4 is 5.32 Å². The zero-order valence-corrected chi connectivity index (χ0v) is 11.3. The number of aromatic nitrogens is 2. The molecular formula is C14H16ClN3. The van der Waals surface area contributed by atoms with E-state index in [1.807, 2.05) is 44.2 Å². The van der Waals surface area contributed by atoms with Crippen molar-refractivity contribution >= 4 is 17.4 Å². The van der Waals surface area contributed by atoms with E-state index in [1.54, 1.807) is 6.20 Å². The maximum absolute atomic E-state index is 6.34. The van der Waals surface area contributed by atoms with E-state index in [9.17, 15) is 0 Å². The van der Waals surface area contributed by atoms with Gasteiger partial charge in [0.05, 0.1) is 16.8 Å². The highest BCUT2D eigenvalue weighted by molar-refractivity contribution is 6.21. The van der Waals surface area contributed by atoms with Gasteiger partial charge in [0, 0.05) is 12.7 Å². The fraction of sp³-hybridized carbons (Fsp3) is 0.286. The summed E-state index contributed by atoms with van der Waals surface area (Å²) < 4.78 is 0. The molecule has 2 rings (SSSR count). The molecule has 0 radical (unpaired) electrons. The van der Waals surface area contributed by atoms with E-state index in [0.717, 1.165) is 22.8 Å². The van der Waals surface area contributed by atoms with Crippen LogP contribution in [-0.4, -0.2) is 16.5 Å². The lowest BCUT2D eigenvalue weighted by Crippen LogP contribution is -2.11. The van der Waals surface area contributed by atoms with Crippen molar-refractivity contribution in [1.82, 2.24) is 9.97 Å². The standard InChI is InChI=1S/C14H16ClN3/c1-10-8-16-11(2)14(18-10)17-9-13(15)12-6-4-3-5-7-12/h3-8,13H,9H2,1-2H3,(H,17,18). The van der Waals surface area contributed by atoms with Crippen molar-refractivity contribution in [3.8, 4) is 0 Å². The van der Waals surface area contributed by atoms with Crippen LogP contribution in [0.2, 0.25) is 0 Å². The highest BCUT2D eigenvalue weighted by Crippen LogP contribution is 2.20. The number of nitrogens with zero attached hydrogens (tertiary/aromatic N) is 2. The number of nitrogens with one attached hydrogen (secondary N) is 1. The summed E-state index contributed by atoms with van der Waals surface area (Å²) in [7, 11) is 0. The first-order chi connectivity index (χ1) is 8.66. The van der Waals surface area contributed by atoms with Crippen molar-refractivity contribution < 1.29 is 0 Å². The molecule has 0 amide bonds. The summed E-state index contributed by atoms with van der Waals surface area (Å²) in [5.41, 5.74) is 2.89. The van der Waals surface area contributed by atoms with Crippen LogP contribution in [-0.2, 0) is 0 Å². The van der Waals surface area contributed by atoms with Crippen molar-refractivity contribution in [3.05, 3.63) is 53.5 Å². The number of anilines is 1. The summed E-state index contributed by atoms with van der Waals surface area (Å²) in [4.78, 5) is 8.67. The van der Waals surface area contributed by atoms with Gasteiger partial charge < -0.3 is 5.32 Å². The van der Waals surface area contributed by atoms with Crippen LogP contribution in [0.15, 0.2) is 36.5 Å². The summed E-state index contributed by atoms with van der Waals surface area (Å²) in [6, 6.07) is 10.0. The lowest BCUT2D eigenvalue weighted by Gasteiger charge is -2.13. The number of hydrogen-bond donors (Lipinski definition) is 1. The van der Waals surface area contributed by atoms with Gasteiger partial charge in [-0.2, -0.15) is 0 Å². The summed E-state index contributed by atoms with van der Waals surface area (Å²) in [6.07, 6.45) is 1.76. The zero-order chi connectivity index (χ0) is 13.0. The second-order valence-corrected chi connectivity index (χ2v) is 4.73. The smallest absolute Gasteiger partial charge is 0.147 e. The van der Waals surface area contributed by atoms with Crippen molar-refractivity contribution in [1.29, 1.82) is 0 Å². The highest BCUT2D eigenvalue weighted by atomic mass is 35.5. The van der Waals surface area contributed by atoms with Crippen molar-refractivity contribution in [2.24, 2.45) is 0 Å². The van der Waals surface area contributed by atoms with Crippen LogP contribution in [0.5, 0.6) is 0 Å². The molecule has 1 aromatic carbocycles. The van der Waals surface area contributed by atoms with Crippen LogP contribution in [0.4, 0.5) is 5.82 Å². The Morgan fingerprint density at radius 2 is 1.94 bits per heavy atom. The molecule has 18 heavy (non-hydrogen) atoms. The van der Waals surface area contributed by atoms with Crippen molar-refractivity contribution in [2.75, 3.05) is 11.9 Å². The molecule has 1 atom stereocenters. The first-order valence-electron chi connectivity index (χ1n) is 5.90. The minimum atomic E-state index is -0.0760. The lowest BCUT2D eigenvalue weighted by molar-refractivity contribution is 0.947. The molecule has 0 aliphatic rings. The van der Waals surface area contributed by atoms with Gasteiger partial charge >= 0.3 is 0 Å². The van der Waals surface area contributed by atoms with E-state index in [2.05, 4.69) is 15.3 Å². The zero-order valence-electron chi connectivity index (χ0n) is 10.5. The lowest BCUT2D eigenvalue weighted by atomic mass is 10.1.